The van der Waals surface area contributed by atoms with E-state index in [1.54, 1.807) is 12.4 Å². The number of hydrogen-bond acceptors (Lipinski definition) is 4. The van der Waals surface area contributed by atoms with Crippen LogP contribution in [0.3, 0.4) is 0 Å². The van der Waals surface area contributed by atoms with Crippen molar-refractivity contribution in [1.29, 1.82) is 0 Å². The molecule has 3 rings (SSSR count). The Bertz CT molecular complexity index is 381. The first-order chi connectivity index (χ1) is 8.33. The minimum absolute atomic E-state index is 0.600. The SMILES string of the molecule is Clc1cnc(N2CCC3NCCCC3C2)nc1. The summed E-state index contributed by atoms with van der Waals surface area (Å²) in [4.78, 5) is 10.9. The van der Waals surface area contributed by atoms with Crippen molar-refractivity contribution in [1.82, 2.24) is 15.3 Å². The normalized spacial score (nSPS) is 28.9. The van der Waals surface area contributed by atoms with E-state index < -0.39 is 0 Å². The maximum atomic E-state index is 5.81. The van der Waals surface area contributed by atoms with Crippen LogP contribution in [0.5, 0.6) is 0 Å². The monoisotopic (exact) mass is 252 g/mol. The molecule has 2 fully saturated rings. The van der Waals surface area contributed by atoms with Crippen LogP contribution in [0.2, 0.25) is 5.02 Å². The second-order valence-electron chi connectivity index (χ2n) is 4.90. The molecule has 1 aromatic rings. The van der Waals surface area contributed by atoms with Crippen molar-refractivity contribution in [2.45, 2.75) is 25.3 Å². The van der Waals surface area contributed by atoms with Crippen molar-refractivity contribution in [3.63, 3.8) is 0 Å². The van der Waals surface area contributed by atoms with Gasteiger partial charge in [-0.25, -0.2) is 9.97 Å². The Balaban J connectivity index is 1.71. The Labute approximate surface area is 106 Å². The number of nitrogens with zero attached hydrogens (tertiary/aromatic N) is 3. The third-order valence-electron chi connectivity index (χ3n) is 3.78. The zero-order valence-electron chi connectivity index (χ0n) is 9.77. The third-order valence-corrected chi connectivity index (χ3v) is 3.98. The van der Waals surface area contributed by atoms with Gasteiger partial charge < -0.3 is 10.2 Å². The average Bonchev–Trinajstić information content (AvgIpc) is 2.39. The number of fused-ring (bicyclic) bond motifs is 1. The summed E-state index contributed by atoms with van der Waals surface area (Å²) in [7, 11) is 0. The van der Waals surface area contributed by atoms with Crippen LogP contribution in [-0.4, -0.2) is 35.6 Å². The highest BCUT2D eigenvalue weighted by Crippen LogP contribution is 2.26. The largest absolute Gasteiger partial charge is 0.340 e. The predicted octanol–water partition coefficient (Wildman–Crippen LogP) is 1.71. The zero-order chi connectivity index (χ0) is 11.7. The Morgan fingerprint density at radius 2 is 2.12 bits per heavy atom. The molecule has 4 nitrogen and oxygen atoms in total. The van der Waals surface area contributed by atoms with Gasteiger partial charge in [-0.1, -0.05) is 11.6 Å². The fraction of sp³-hybridized carbons (Fsp3) is 0.667. The van der Waals surface area contributed by atoms with Crippen LogP contribution in [0, 0.1) is 5.92 Å². The summed E-state index contributed by atoms with van der Waals surface area (Å²) in [5, 5.41) is 4.21. The first-order valence-electron chi connectivity index (χ1n) is 6.29. The van der Waals surface area contributed by atoms with Crippen LogP contribution in [0.4, 0.5) is 5.95 Å². The van der Waals surface area contributed by atoms with Gasteiger partial charge in [-0.05, 0) is 31.7 Å². The van der Waals surface area contributed by atoms with Crippen LogP contribution in [0.1, 0.15) is 19.3 Å². The molecule has 92 valence electrons. The van der Waals surface area contributed by atoms with Gasteiger partial charge in [0.05, 0.1) is 17.4 Å². The minimum Gasteiger partial charge on any atom is -0.340 e. The maximum absolute atomic E-state index is 5.81. The first-order valence-corrected chi connectivity index (χ1v) is 6.66. The molecule has 2 atom stereocenters. The summed E-state index contributed by atoms with van der Waals surface area (Å²) in [6, 6.07) is 0.701. The summed E-state index contributed by atoms with van der Waals surface area (Å²) in [5.74, 6) is 1.57. The van der Waals surface area contributed by atoms with Crippen molar-refractivity contribution in [3.05, 3.63) is 17.4 Å². The van der Waals surface area contributed by atoms with Crippen LogP contribution < -0.4 is 10.2 Å². The van der Waals surface area contributed by atoms with Crippen molar-refractivity contribution in [2.75, 3.05) is 24.5 Å². The molecule has 17 heavy (non-hydrogen) atoms. The average molecular weight is 253 g/mol. The highest BCUT2D eigenvalue weighted by atomic mass is 35.5. The lowest BCUT2D eigenvalue weighted by Crippen LogP contribution is -2.52. The van der Waals surface area contributed by atoms with E-state index in [-0.39, 0.29) is 0 Å². The van der Waals surface area contributed by atoms with Gasteiger partial charge >= 0.3 is 0 Å². The molecule has 0 radical (unpaired) electrons. The van der Waals surface area contributed by atoms with Gasteiger partial charge in [-0.2, -0.15) is 0 Å². The molecule has 2 saturated heterocycles. The predicted molar refractivity (Wildman–Crippen MR) is 68.4 cm³/mol. The van der Waals surface area contributed by atoms with E-state index >= 15 is 0 Å². The van der Waals surface area contributed by atoms with Crippen molar-refractivity contribution in [3.8, 4) is 0 Å². The molecule has 0 aliphatic carbocycles. The van der Waals surface area contributed by atoms with E-state index in [9.17, 15) is 0 Å². The topological polar surface area (TPSA) is 41.1 Å². The van der Waals surface area contributed by atoms with Crippen molar-refractivity contribution >= 4 is 17.5 Å². The summed E-state index contributed by atoms with van der Waals surface area (Å²) >= 11 is 5.81. The molecule has 3 heterocycles. The first kappa shape index (κ1) is 11.2. The van der Waals surface area contributed by atoms with Crippen LogP contribution >= 0.6 is 11.6 Å². The summed E-state index contributed by atoms with van der Waals surface area (Å²) in [5.41, 5.74) is 0. The van der Waals surface area contributed by atoms with Crippen LogP contribution in [0.25, 0.3) is 0 Å². The summed E-state index contributed by atoms with van der Waals surface area (Å²) in [6.07, 6.45) is 7.15. The lowest BCUT2D eigenvalue weighted by molar-refractivity contribution is 0.243. The molecule has 0 saturated carbocycles. The molecule has 0 amide bonds. The van der Waals surface area contributed by atoms with E-state index in [0.717, 1.165) is 25.0 Å². The molecular formula is C12H17ClN4. The van der Waals surface area contributed by atoms with E-state index in [0.29, 0.717) is 11.1 Å². The second kappa shape index (κ2) is 4.78. The lowest BCUT2D eigenvalue weighted by atomic mass is 9.85. The lowest BCUT2D eigenvalue weighted by Gasteiger charge is -2.41. The van der Waals surface area contributed by atoms with Gasteiger partial charge in [0.25, 0.3) is 0 Å². The second-order valence-corrected chi connectivity index (χ2v) is 5.34. The van der Waals surface area contributed by atoms with Crippen LogP contribution in [0.15, 0.2) is 12.4 Å². The number of halogens is 1. The molecule has 0 aromatic carbocycles. The van der Waals surface area contributed by atoms with Gasteiger partial charge in [0.2, 0.25) is 5.95 Å². The summed E-state index contributed by atoms with van der Waals surface area (Å²) in [6.45, 7) is 3.29. The highest BCUT2D eigenvalue weighted by molar-refractivity contribution is 6.30. The molecule has 2 aliphatic heterocycles. The fourth-order valence-electron chi connectivity index (χ4n) is 2.90. The van der Waals surface area contributed by atoms with E-state index in [2.05, 4.69) is 20.2 Å². The molecular weight excluding hydrogens is 236 g/mol. The molecule has 2 unspecified atom stereocenters. The highest BCUT2D eigenvalue weighted by Gasteiger charge is 2.31. The minimum atomic E-state index is 0.600. The Morgan fingerprint density at radius 3 is 2.94 bits per heavy atom. The van der Waals surface area contributed by atoms with E-state index in [4.69, 9.17) is 11.6 Å². The van der Waals surface area contributed by atoms with Gasteiger partial charge in [0.1, 0.15) is 0 Å². The number of hydrogen-bond donors (Lipinski definition) is 1. The summed E-state index contributed by atoms with van der Waals surface area (Å²) < 4.78 is 0. The van der Waals surface area contributed by atoms with Gasteiger partial charge in [0.15, 0.2) is 0 Å². The third kappa shape index (κ3) is 2.38. The molecule has 2 aliphatic rings. The van der Waals surface area contributed by atoms with Gasteiger partial charge in [-0.3, -0.25) is 0 Å². The maximum Gasteiger partial charge on any atom is 0.225 e. The van der Waals surface area contributed by atoms with Gasteiger partial charge in [0, 0.05) is 19.1 Å². The van der Waals surface area contributed by atoms with Crippen LogP contribution in [-0.2, 0) is 0 Å². The van der Waals surface area contributed by atoms with E-state index in [1.807, 2.05) is 0 Å². The smallest absolute Gasteiger partial charge is 0.225 e. The number of rotatable bonds is 1. The van der Waals surface area contributed by atoms with Crippen molar-refractivity contribution < 1.29 is 0 Å². The number of aromatic nitrogens is 2. The number of piperidine rings is 2. The number of anilines is 1. The molecule has 1 aromatic heterocycles. The molecule has 5 heteroatoms. The Morgan fingerprint density at radius 1 is 1.29 bits per heavy atom. The standard InChI is InChI=1S/C12H17ClN4/c13-10-6-15-12(16-7-10)17-5-3-11-9(8-17)2-1-4-14-11/h6-7,9,11,14H,1-5,8H2. The zero-order valence-corrected chi connectivity index (χ0v) is 10.5. The fourth-order valence-corrected chi connectivity index (χ4v) is 2.99. The Hall–Kier alpha value is -0.870. The Kier molecular flexibility index (Phi) is 3.16. The molecule has 0 spiro atoms. The molecule has 0 bridgehead atoms. The number of nitrogens with one attached hydrogen (secondary N) is 1. The quantitative estimate of drug-likeness (QED) is 0.826. The van der Waals surface area contributed by atoms with Gasteiger partial charge in [-0.15, -0.1) is 0 Å². The molecule has 1 N–H and O–H groups in total. The van der Waals surface area contributed by atoms with Crippen molar-refractivity contribution in [2.24, 2.45) is 5.92 Å². The van der Waals surface area contributed by atoms with E-state index in [1.165, 1.54) is 25.8 Å².